The number of hydrogen-bond acceptors (Lipinski definition) is 12. The van der Waals surface area contributed by atoms with E-state index in [9.17, 15) is 9.59 Å². The first-order valence-electron chi connectivity index (χ1n) is 17.5. The second-order valence-electron chi connectivity index (χ2n) is 12.8. The van der Waals surface area contributed by atoms with E-state index in [0.29, 0.717) is 56.7 Å². The van der Waals surface area contributed by atoms with E-state index in [-0.39, 0.29) is 17.7 Å². The van der Waals surface area contributed by atoms with Crippen molar-refractivity contribution in [2.45, 2.75) is 90.4 Å². The number of nitrogens with one attached hydrogen (secondary N) is 1. The van der Waals surface area contributed by atoms with E-state index in [2.05, 4.69) is 58.8 Å². The number of fused-ring (bicyclic) bond motifs is 1. The summed E-state index contributed by atoms with van der Waals surface area (Å²) in [6, 6.07) is 8.49. The van der Waals surface area contributed by atoms with Crippen LogP contribution in [-0.2, 0) is 40.6 Å². The summed E-state index contributed by atoms with van der Waals surface area (Å²) in [5, 5.41) is 12.1. The van der Waals surface area contributed by atoms with Crippen LogP contribution in [0.15, 0.2) is 24.3 Å². The highest BCUT2D eigenvalue weighted by molar-refractivity contribution is 5.85. The molecule has 0 bridgehead atoms. The highest BCUT2D eigenvalue weighted by Crippen LogP contribution is 2.32. The van der Waals surface area contributed by atoms with Crippen molar-refractivity contribution in [1.82, 2.24) is 34.5 Å². The van der Waals surface area contributed by atoms with E-state index in [1.165, 1.54) is 10.5 Å². The van der Waals surface area contributed by atoms with E-state index >= 15 is 0 Å². The zero-order valence-electron chi connectivity index (χ0n) is 28.9. The van der Waals surface area contributed by atoms with Crippen molar-refractivity contribution in [3.63, 3.8) is 0 Å². The summed E-state index contributed by atoms with van der Waals surface area (Å²) in [6.45, 7) is 8.16. The molecule has 0 unspecified atom stereocenters. The summed E-state index contributed by atoms with van der Waals surface area (Å²) in [6.07, 6.45) is 7.80. The van der Waals surface area contributed by atoms with Crippen molar-refractivity contribution in [3.8, 4) is 6.01 Å². The molecule has 49 heavy (non-hydrogen) atoms. The van der Waals surface area contributed by atoms with E-state index in [4.69, 9.17) is 16.4 Å². The number of likely N-dealkylation sites (tertiary alicyclic amines) is 1. The van der Waals surface area contributed by atoms with Crippen molar-refractivity contribution in [2.75, 3.05) is 55.8 Å². The Labute approximate surface area is 288 Å². The second-order valence-corrected chi connectivity index (χ2v) is 12.8. The number of carbonyl (C=O) groups excluding carboxylic acids is 2. The number of ether oxygens (including phenoxy) is 1. The molecule has 0 saturated carbocycles. The number of anilines is 3. The van der Waals surface area contributed by atoms with Gasteiger partial charge in [0.05, 0.1) is 26.3 Å². The quantitative estimate of drug-likeness (QED) is 0.102. The summed E-state index contributed by atoms with van der Waals surface area (Å²) in [4.78, 5) is 44.2. The maximum Gasteiger partial charge on any atom is 0.320 e. The molecular weight excluding hydrogens is 626 g/mol. The van der Waals surface area contributed by atoms with E-state index < -0.39 is 0 Å². The van der Waals surface area contributed by atoms with Crippen LogP contribution >= 0.6 is 0 Å². The van der Waals surface area contributed by atoms with Gasteiger partial charge in [-0.25, -0.2) is 5.90 Å². The third kappa shape index (κ3) is 9.43. The second kappa shape index (κ2) is 17.9. The Morgan fingerprint density at radius 2 is 1.80 bits per heavy atom. The molecule has 0 radical (unpaired) electrons. The van der Waals surface area contributed by atoms with Gasteiger partial charge in [0.1, 0.15) is 11.5 Å². The lowest BCUT2D eigenvalue weighted by molar-refractivity contribution is -0.132. The van der Waals surface area contributed by atoms with Gasteiger partial charge in [-0.2, -0.15) is 9.97 Å². The highest BCUT2D eigenvalue weighted by Gasteiger charge is 2.30. The van der Waals surface area contributed by atoms with Crippen LogP contribution < -0.4 is 26.6 Å². The minimum atomic E-state index is 0.158. The Morgan fingerprint density at radius 3 is 2.51 bits per heavy atom. The molecule has 0 atom stereocenters. The van der Waals surface area contributed by atoms with Crippen molar-refractivity contribution in [2.24, 2.45) is 5.90 Å². The number of nitrogens with zero attached hydrogens (tertiary/aromatic N) is 8. The zero-order valence-corrected chi connectivity index (χ0v) is 28.9. The largest absolute Gasteiger partial charge is 0.463 e. The lowest BCUT2D eigenvalue weighted by Gasteiger charge is -2.33. The van der Waals surface area contributed by atoms with E-state index in [0.717, 1.165) is 94.7 Å². The fourth-order valence-electron chi connectivity index (χ4n) is 6.47. The molecule has 266 valence electrons. The van der Waals surface area contributed by atoms with Crippen LogP contribution in [-0.4, -0.2) is 86.7 Å². The number of nitrogen functional groups attached to an aromatic ring is 1. The number of piperidine rings is 1. The normalized spacial score (nSPS) is 15.2. The van der Waals surface area contributed by atoms with Crippen molar-refractivity contribution in [1.29, 1.82) is 0 Å². The van der Waals surface area contributed by atoms with Gasteiger partial charge in [0.2, 0.25) is 12.3 Å². The van der Waals surface area contributed by atoms with Gasteiger partial charge in [-0.1, -0.05) is 44.0 Å². The van der Waals surface area contributed by atoms with Gasteiger partial charge in [0.15, 0.2) is 17.5 Å². The molecule has 5 rings (SSSR count). The van der Waals surface area contributed by atoms with Gasteiger partial charge >= 0.3 is 6.01 Å². The minimum Gasteiger partial charge on any atom is -0.463 e. The molecule has 1 aromatic carbocycles. The summed E-state index contributed by atoms with van der Waals surface area (Å²) in [5.74, 6) is 8.15. The predicted molar refractivity (Wildman–Crippen MR) is 186 cm³/mol. The minimum absolute atomic E-state index is 0.158. The SMILES string of the molecule is CCCCOc1nc(N)c(NC)c(N(C=O)Cc2ccc(CN3CCC(c4nnc5n4CCN(C(=O)CCCCCON)C5)CC3)cc2)n1. The van der Waals surface area contributed by atoms with Crippen LogP contribution in [0.3, 0.4) is 0 Å². The Bertz CT molecular complexity index is 1510. The molecule has 3 aromatic rings. The molecule has 2 aliphatic rings. The number of carbonyl (C=O) groups is 2. The Balaban J connectivity index is 1.11. The summed E-state index contributed by atoms with van der Waals surface area (Å²) < 4.78 is 7.92. The van der Waals surface area contributed by atoms with Gasteiger partial charge in [-0.15, -0.1) is 10.2 Å². The summed E-state index contributed by atoms with van der Waals surface area (Å²) >= 11 is 0. The molecule has 2 aliphatic heterocycles. The van der Waals surface area contributed by atoms with Crippen molar-refractivity contribution >= 4 is 29.6 Å². The average Bonchev–Trinajstić information content (AvgIpc) is 3.55. The van der Waals surface area contributed by atoms with Crippen LogP contribution in [0, 0.1) is 0 Å². The zero-order chi connectivity index (χ0) is 34.6. The van der Waals surface area contributed by atoms with Crippen LogP contribution in [0.5, 0.6) is 6.01 Å². The lowest BCUT2D eigenvalue weighted by atomic mass is 9.95. The number of aromatic nitrogens is 5. The van der Waals surface area contributed by atoms with Gasteiger partial charge in [0, 0.05) is 39.0 Å². The van der Waals surface area contributed by atoms with Gasteiger partial charge in [0.25, 0.3) is 0 Å². The van der Waals surface area contributed by atoms with E-state index in [1.54, 1.807) is 7.05 Å². The smallest absolute Gasteiger partial charge is 0.320 e. The standard InChI is InChI=1S/C34H51N11O4/c1-3-4-19-48-34-38-31(35)30(37-2)33(39-34)44(24-46)22-26-11-9-25(10-12-26)21-42-15-13-27(14-16-42)32-41-40-28-23-43(17-18-45(28)32)29(47)8-6-5-7-20-49-36/h9-12,24,27,37H,3-8,13-23,36H2,1-2H3,(H2,35,38,39). The first-order chi connectivity index (χ1) is 23.9. The fraction of sp³-hybridized carbons (Fsp3) is 0.588. The van der Waals surface area contributed by atoms with Gasteiger partial charge < -0.3 is 30.1 Å². The first kappa shape index (κ1) is 36.0. The van der Waals surface area contributed by atoms with Crippen molar-refractivity contribution < 1.29 is 19.2 Å². The third-order valence-corrected chi connectivity index (χ3v) is 9.30. The molecular formula is C34H51N11O4. The molecule has 1 saturated heterocycles. The molecule has 4 heterocycles. The van der Waals surface area contributed by atoms with Gasteiger partial charge in [-0.3, -0.25) is 19.4 Å². The average molecular weight is 678 g/mol. The van der Waals surface area contributed by atoms with E-state index in [1.807, 2.05) is 17.0 Å². The Morgan fingerprint density at radius 1 is 1.02 bits per heavy atom. The number of benzene rings is 1. The molecule has 1 fully saturated rings. The molecule has 15 heteroatoms. The number of nitrogens with two attached hydrogens (primary N) is 2. The molecule has 15 nitrogen and oxygen atoms in total. The molecule has 0 spiro atoms. The van der Waals surface area contributed by atoms with Crippen LogP contribution in [0.1, 0.15) is 87.0 Å². The molecule has 2 amide bonds. The number of unbranched alkanes of at least 4 members (excludes halogenated alkanes) is 3. The van der Waals surface area contributed by atoms with Crippen LogP contribution in [0.25, 0.3) is 0 Å². The number of hydrogen-bond donors (Lipinski definition) is 3. The first-order valence-corrected chi connectivity index (χ1v) is 17.5. The van der Waals surface area contributed by atoms with Gasteiger partial charge in [-0.05, 0) is 56.3 Å². The summed E-state index contributed by atoms with van der Waals surface area (Å²) in [5.41, 5.74) is 8.83. The number of rotatable bonds is 18. The maximum atomic E-state index is 12.7. The van der Waals surface area contributed by atoms with Crippen LogP contribution in [0.4, 0.5) is 17.3 Å². The Kier molecular flexibility index (Phi) is 13.1. The monoisotopic (exact) mass is 677 g/mol. The Hall–Kier alpha value is -4.34. The predicted octanol–water partition coefficient (Wildman–Crippen LogP) is 3.21. The number of amides is 2. The lowest BCUT2D eigenvalue weighted by Crippen LogP contribution is -2.39. The van der Waals surface area contributed by atoms with Crippen molar-refractivity contribution in [3.05, 3.63) is 47.0 Å². The maximum absolute atomic E-state index is 12.7. The highest BCUT2D eigenvalue weighted by atomic mass is 16.6. The summed E-state index contributed by atoms with van der Waals surface area (Å²) in [7, 11) is 1.72. The third-order valence-electron chi connectivity index (χ3n) is 9.30. The molecule has 2 aromatic heterocycles. The topological polar surface area (TPSA) is 183 Å². The fourth-order valence-corrected chi connectivity index (χ4v) is 6.47. The molecule has 0 aliphatic carbocycles. The molecule has 5 N–H and O–H groups in total. The van der Waals surface area contributed by atoms with Crippen LogP contribution in [0.2, 0.25) is 0 Å².